The summed E-state index contributed by atoms with van der Waals surface area (Å²) in [7, 11) is -7.71. The zero-order valence-corrected chi connectivity index (χ0v) is 24.5. The summed E-state index contributed by atoms with van der Waals surface area (Å²) in [6.07, 6.45) is 1.36. The molecule has 4 aromatic rings. The van der Waals surface area contributed by atoms with E-state index in [0.717, 1.165) is 22.3 Å². The molecule has 0 amide bonds. The summed E-state index contributed by atoms with van der Waals surface area (Å²) in [6, 6.07) is 31.7. The van der Waals surface area contributed by atoms with Crippen molar-refractivity contribution < 1.29 is 16.8 Å². The Morgan fingerprint density at radius 1 is 0.537 bits per heavy atom. The average molecular weight is 589 g/mol. The van der Waals surface area contributed by atoms with Crippen molar-refractivity contribution >= 4 is 31.5 Å². The van der Waals surface area contributed by atoms with Gasteiger partial charge in [-0.15, -0.1) is 0 Å². The summed E-state index contributed by atoms with van der Waals surface area (Å²) in [5.41, 5.74) is 4.56. The molecule has 2 N–H and O–H groups in total. The maximum absolute atomic E-state index is 12.9. The topological polar surface area (TPSA) is 117 Å². The molecule has 212 valence electrons. The molecule has 0 aliphatic carbocycles. The molecule has 8 nitrogen and oxygen atoms in total. The van der Waals surface area contributed by atoms with Crippen LogP contribution in [0.1, 0.15) is 41.5 Å². The van der Waals surface area contributed by atoms with Crippen molar-refractivity contribution in [3.8, 4) is 0 Å². The lowest BCUT2D eigenvalue weighted by Crippen LogP contribution is -2.21. The largest absolute Gasteiger partial charge is 0.276 e. The number of sulfonamides is 2. The van der Waals surface area contributed by atoms with E-state index in [9.17, 15) is 16.8 Å². The lowest BCUT2D eigenvalue weighted by atomic mass is 10.0. The number of rotatable bonds is 12. The van der Waals surface area contributed by atoms with Crippen LogP contribution in [0, 0.1) is 13.8 Å². The standard InChI is InChI=1S/C31H32N4O4S2/c1-24-16-20-28(21-17-24)40(36,37)34-32-30(26-10-5-3-6-11-26)14-9-15-31(27-12-7-4-8-13-27)33-35-41(38,39)29-22-18-25(2)19-23-29/h3-8,10-13,16-23,34-35H,9,14-15H2,1-2H3/b32-30-,33-31+. The van der Waals surface area contributed by atoms with Crippen LogP contribution in [-0.4, -0.2) is 28.3 Å². The van der Waals surface area contributed by atoms with Crippen molar-refractivity contribution in [1.29, 1.82) is 0 Å². The van der Waals surface area contributed by atoms with E-state index in [1.54, 1.807) is 24.3 Å². The molecular weight excluding hydrogens is 556 g/mol. The van der Waals surface area contributed by atoms with Gasteiger partial charge in [0.1, 0.15) is 0 Å². The van der Waals surface area contributed by atoms with Gasteiger partial charge < -0.3 is 0 Å². The van der Waals surface area contributed by atoms with Crippen LogP contribution < -0.4 is 9.66 Å². The van der Waals surface area contributed by atoms with Crippen LogP contribution >= 0.6 is 0 Å². The Bertz CT molecular complexity index is 1590. The summed E-state index contributed by atoms with van der Waals surface area (Å²) >= 11 is 0. The number of hydrogen-bond donors (Lipinski definition) is 2. The third-order valence-corrected chi connectivity index (χ3v) is 8.75. The highest BCUT2D eigenvalue weighted by atomic mass is 32.2. The minimum atomic E-state index is -3.86. The van der Waals surface area contributed by atoms with Gasteiger partial charge in [-0.2, -0.15) is 36.7 Å². The van der Waals surface area contributed by atoms with E-state index in [2.05, 4.69) is 19.9 Å². The van der Waals surface area contributed by atoms with Gasteiger partial charge in [0.15, 0.2) is 0 Å². The van der Waals surface area contributed by atoms with Crippen LogP contribution in [0.5, 0.6) is 0 Å². The molecule has 0 bridgehead atoms. The Hall–Kier alpha value is -4.28. The number of benzene rings is 4. The molecule has 0 aliphatic rings. The molecule has 0 heterocycles. The molecule has 0 aromatic heterocycles. The van der Waals surface area contributed by atoms with Crippen LogP contribution in [-0.2, 0) is 20.0 Å². The second-order valence-electron chi connectivity index (χ2n) is 9.52. The summed E-state index contributed by atoms with van der Waals surface area (Å²) in [5, 5.41) is 8.59. The van der Waals surface area contributed by atoms with Crippen molar-refractivity contribution in [2.24, 2.45) is 10.2 Å². The first-order chi connectivity index (χ1) is 19.6. The maximum atomic E-state index is 12.9. The van der Waals surface area contributed by atoms with E-state index >= 15 is 0 Å². The molecule has 0 atom stereocenters. The summed E-state index contributed by atoms with van der Waals surface area (Å²) in [6.45, 7) is 3.77. The van der Waals surface area contributed by atoms with Crippen molar-refractivity contribution in [3.05, 3.63) is 131 Å². The van der Waals surface area contributed by atoms with E-state index in [4.69, 9.17) is 0 Å². The predicted molar refractivity (Wildman–Crippen MR) is 163 cm³/mol. The highest BCUT2D eigenvalue weighted by Crippen LogP contribution is 2.15. The van der Waals surface area contributed by atoms with E-state index in [0.29, 0.717) is 30.7 Å². The average Bonchev–Trinajstić information content (AvgIpc) is 2.98. The Morgan fingerprint density at radius 2 is 0.878 bits per heavy atom. The van der Waals surface area contributed by atoms with E-state index in [1.165, 1.54) is 24.3 Å². The second kappa shape index (κ2) is 13.4. The lowest BCUT2D eigenvalue weighted by molar-refractivity contribution is 0.582. The van der Waals surface area contributed by atoms with Crippen LogP contribution in [0.4, 0.5) is 0 Å². The minimum Gasteiger partial charge on any atom is -0.200 e. The molecule has 41 heavy (non-hydrogen) atoms. The SMILES string of the molecule is Cc1ccc(S(=O)(=O)N/N=C(/CCC/C(=N\NS(=O)(=O)c2ccc(C)cc2)c2ccccc2)c2ccccc2)cc1. The quantitative estimate of drug-likeness (QED) is 0.167. The summed E-state index contributed by atoms with van der Waals surface area (Å²) in [5.74, 6) is 0. The number of nitrogens with zero attached hydrogens (tertiary/aromatic N) is 2. The lowest BCUT2D eigenvalue weighted by Gasteiger charge is -2.11. The number of nitrogens with one attached hydrogen (secondary N) is 2. The van der Waals surface area contributed by atoms with Gasteiger partial charge in [0, 0.05) is 0 Å². The van der Waals surface area contributed by atoms with Crippen molar-refractivity contribution in [1.82, 2.24) is 9.66 Å². The molecule has 0 aliphatic heterocycles. The number of hydrazone groups is 2. The number of aryl methyl sites for hydroxylation is 2. The zero-order valence-electron chi connectivity index (χ0n) is 22.9. The Balaban J connectivity index is 1.54. The molecule has 0 saturated heterocycles. The first-order valence-corrected chi connectivity index (χ1v) is 16.0. The molecular formula is C31H32N4O4S2. The Morgan fingerprint density at radius 3 is 1.22 bits per heavy atom. The fraction of sp³-hybridized carbons (Fsp3) is 0.161. The zero-order chi connectivity index (χ0) is 29.3. The third-order valence-electron chi connectivity index (χ3n) is 6.31. The monoisotopic (exact) mass is 588 g/mol. The van der Waals surface area contributed by atoms with Gasteiger partial charge in [0.05, 0.1) is 21.2 Å². The van der Waals surface area contributed by atoms with Gasteiger partial charge in [-0.05, 0) is 68.5 Å². The Kier molecular flexibility index (Phi) is 9.69. The molecule has 4 rings (SSSR count). The van der Waals surface area contributed by atoms with Crippen molar-refractivity contribution in [2.75, 3.05) is 0 Å². The third kappa shape index (κ3) is 8.36. The fourth-order valence-electron chi connectivity index (χ4n) is 3.98. The van der Waals surface area contributed by atoms with Crippen molar-refractivity contribution in [2.45, 2.75) is 42.9 Å². The van der Waals surface area contributed by atoms with Crippen LogP contribution in [0.25, 0.3) is 0 Å². The molecule has 0 fully saturated rings. The number of hydrogen-bond acceptors (Lipinski definition) is 6. The normalized spacial score (nSPS) is 12.6. The predicted octanol–water partition coefficient (Wildman–Crippen LogP) is 5.54. The molecule has 4 aromatic carbocycles. The molecule has 0 unspecified atom stereocenters. The minimum absolute atomic E-state index is 0.124. The molecule has 0 saturated carbocycles. The van der Waals surface area contributed by atoms with Gasteiger partial charge >= 0.3 is 0 Å². The van der Waals surface area contributed by atoms with E-state index < -0.39 is 20.0 Å². The van der Waals surface area contributed by atoms with Gasteiger partial charge in [0.25, 0.3) is 20.0 Å². The van der Waals surface area contributed by atoms with Crippen molar-refractivity contribution in [3.63, 3.8) is 0 Å². The second-order valence-corrected chi connectivity index (χ2v) is 12.8. The van der Waals surface area contributed by atoms with Gasteiger partial charge in [-0.3, -0.25) is 0 Å². The van der Waals surface area contributed by atoms with Gasteiger partial charge in [-0.25, -0.2) is 0 Å². The van der Waals surface area contributed by atoms with Crippen LogP contribution in [0.15, 0.2) is 129 Å². The maximum Gasteiger partial charge on any atom is 0.276 e. The molecule has 0 radical (unpaired) electrons. The van der Waals surface area contributed by atoms with E-state index in [1.807, 2.05) is 74.5 Å². The first kappa shape index (κ1) is 29.7. The highest BCUT2D eigenvalue weighted by molar-refractivity contribution is 7.89. The summed E-state index contributed by atoms with van der Waals surface area (Å²) < 4.78 is 51.4. The Labute approximate surface area is 242 Å². The first-order valence-electron chi connectivity index (χ1n) is 13.0. The van der Waals surface area contributed by atoms with Crippen LogP contribution in [0.3, 0.4) is 0 Å². The van der Waals surface area contributed by atoms with E-state index in [-0.39, 0.29) is 9.79 Å². The summed E-state index contributed by atoms with van der Waals surface area (Å²) in [4.78, 5) is 4.98. The smallest absolute Gasteiger partial charge is 0.200 e. The highest BCUT2D eigenvalue weighted by Gasteiger charge is 2.16. The molecule has 10 heteroatoms. The molecule has 0 spiro atoms. The van der Waals surface area contributed by atoms with Crippen LogP contribution in [0.2, 0.25) is 0 Å². The fourth-order valence-corrected chi connectivity index (χ4v) is 5.64. The van der Waals surface area contributed by atoms with Gasteiger partial charge in [0.2, 0.25) is 0 Å². The van der Waals surface area contributed by atoms with Gasteiger partial charge in [-0.1, -0.05) is 96.1 Å².